The second kappa shape index (κ2) is 3.69. The Morgan fingerprint density at radius 3 is 2.38 bits per heavy atom. The fourth-order valence-corrected chi connectivity index (χ4v) is 1.65. The first-order valence-corrected chi connectivity index (χ1v) is 4.72. The van der Waals surface area contributed by atoms with Crippen LogP contribution in [-0.2, 0) is 12.0 Å². The van der Waals surface area contributed by atoms with Crippen molar-refractivity contribution in [1.82, 2.24) is 0 Å². The van der Waals surface area contributed by atoms with E-state index in [1.54, 1.807) is 0 Å². The van der Waals surface area contributed by atoms with Crippen molar-refractivity contribution in [2.75, 3.05) is 0 Å². The van der Waals surface area contributed by atoms with E-state index >= 15 is 0 Å². The second-order valence-electron chi connectivity index (χ2n) is 4.22. The lowest BCUT2D eigenvalue weighted by atomic mass is 9.86. The average molecular weight is 199 g/mol. The maximum absolute atomic E-state index is 8.98. The Kier molecular flexibility index (Phi) is 2.99. The number of rotatable bonds is 1. The quantitative estimate of drug-likeness (QED) is 0.735. The first-order valence-electron chi connectivity index (χ1n) is 4.35. The maximum Gasteiger partial charge on any atom is 0.0681 e. The van der Waals surface area contributed by atoms with E-state index in [1.165, 1.54) is 0 Å². The summed E-state index contributed by atoms with van der Waals surface area (Å²) in [6.45, 7) is 6.39. The molecule has 72 valence electrons. The molecule has 0 heterocycles. The van der Waals surface area contributed by atoms with Crippen LogP contribution in [-0.4, -0.2) is 5.11 Å². The zero-order chi connectivity index (χ0) is 10.1. The highest BCUT2D eigenvalue weighted by molar-refractivity contribution is 6.31. The Morgan fingerprint density at radius 2 is 1.92 bits per heavy atom. The van der Waals surface area contributed by atoms with Gasteiger partial charge in [0, 0.05) is 5.02 Å². The van der Waals surface area contributed by atoms with Gasteiger partial charge in [0.15, 0.2) is 0 Å². The Bertz CT molecular complexity index is 299. The smallest absolute Gasteiger partial charge is 0.0681 e. The standard InChI is InChI=1S/C11H15ClO/c1-11(2,3)9-6-8(7-13)4-5-10(9)12/h4-6,13H,7H2,1-3H3. The molecule has 0 atom stereocenters. The summed E-state index contributed by atoms with van der Waals surface area (Å²) in [5.41, 5.74) is 2.03. The second-order valence-corrected chi connectivity index (χ2v) is 4.63. The van der Waals surface area contributed by atoms with E-state index in [-0.39, 0.29) is 12.0 Å². The van der Waals surface area contributed by atoms with Crippen LogP contribution in [0, 0.1) is 0 Å². The number of aliphatic hydroxyl groups is 1. The Labute approximate surface area is 84.4 Å². The number of aliphatic hydroxyl groups excluding tert-OH is 1. The van der Waals surface area contributed by atoms with E-state index in [0.717, 1.165) is 16.1 Å². The van der Waals surface area contributed by atoms with Crippen LogP contribution in [0.15, 0.2) is 18.2 Å². The zero-order valence-corrected chi connectivity index (χ0v) is 9.02. The SMILES string of the molecule is CC(C)(C)c1cc(CO)ccc1Cl. The lowest BCUT2D eigenvalue weighted by molar-refractivity contribution is 0.281. The van der Waals surface area contributed by atoms with E-state index in [9.17, 15) is 0 Å². The predicted molar refractivity (Wildman–Crippen MR) is 56.1 cm³/mol. The fourth-order valence-electron chi connectivity index (χ4n) is 1.25. The maximum atomic E-state index is 8.98. The number of hydrogen-bond acceptors (Lipinski definition) is 1. The first kappa shape index (κ1) is 10.6. The number of benzene rings is 1. The summed E-state index contributed by atoms with van der Waals surface area (Å²) in [4.78, 5) is 0. The highest BCUT2D eigenvalue weighted by Gasteiger charge is 2.17. The number of halogens is 1. The van der Waals surface area contributed by atoms with Gasteiger partial charge in [-0.2, -0.15) is 0 Å². The molecule has 0 aliphatic heterocycles. The summed E-state index contributed by atoms with van der Waals surface area (Å²) in [6.07, 6.45) is 0. The predicted octanol–water partition coefficient (Wildman–Crippen LogP) is 3.13. The van der Waals surface area contributed by atoms with Crippen LogP contribution >= 0.6 is 11.6 Å². The molecule has 0 amide bonds. The third-order valence-electron chi connectivity index (χ3n) is 2.02. The third kappa shape index (κ3) is 2.45. The topological polar surface area (TPSA) is 20.2 Å². The van der Waals surface area contributed by atoms with Gasteiger partial charge in [-0.15, -0.1) is 0 Å². The minimum Gasteiger partial charge on any atom is -0.392 e. The van der Waals surface area contributed by atoms with Crippen LogP contribution in [0.2, 0.25) is 5.02 Å². The van der Waals surface area contributed by atoms with Gasteiger partial charge in [-0.3, -0.25) is 0 Å². The van der Waals surface area contributed by atoms with Crippen molar-refractivity contribution >= 4 is 11.6 Å². The van der Waals surface area contributed by atoms with Crippen molar-refractivity contribution in [2.24, 2.45) is 0 Å². The monoisotopic (exact) mass is 198 g/mol. The van der Waals surface area contributed by atoms with Crippen molar-refractivity contribution in [3.05, 3.63) is 34.3 Å². The summed E-state index contributed by atoms with van der Waals surface area (Å²) in [7, 11) is 0. The molecule has 13 heavy (non-hydrogen) atoms. The fraction of sp³-hybridized carbons (Fsp3) is 0.455. The van der Waals surface area contributed by atoms with Crippen LogP contribution in [0.4, 0.5) is 0 Å². The summed E-state index contributed by atoms with van der Waals surface area (Å²) < 4.78 is 0. The van der Waals surface area contributed by atoms with Crippen LogP contribution in [0.5, 0.6) is 0 Å². The van der Waals surface area contributed by atoms with Crippen LogP contribution < -0.4 is 0 Å². The molecule has 0 aliphatic rings. The van der Waals surface area contributed by atoms with Crippen molar-refractivity contribution in [3.8, 4) is 0 Å². The molecule has 2 heteroatoms. The molecule has 0 bridgehead atoms. The van der Waals surface area contributed by atoms with E-state index in [1.807, 2.05) is 18.2 Å². The van der Waals surface area contributed by atoms with E-state index in [4.69, 9.17) is 16.7 Å². The van der Waals surface area contributed by atoms with Gasteiger partial charge in [0.2, 0.25) is 0 Å². The molecule has 1 aromatic rings. The van der Waals surface area contributed by atoms with Crippen LogP contribution in [0.3, 0.4) is 0 Å². The van der Waals surface area contributed by atoms with Crippen molar-refractivity contribution < 1.29 is 5.11 Å². The lowest BCUT2D eigenvalue weighted by Crippen LogP contribution is -2.12. The minimum absolute atomic E-state index is 0.0300. The van der Waals surface area contributed by atoms with Crippen LogP contribution in [0.25, 0.3) is 0 Å². The molecule has 0 unspecified atom stereocenters. The normalized spacial score (nSPS) is 11.8. The molecule has 0 saturated heterocycles. The lowest BCUT2D eigenvalue weighted by Gasteiger charge is -2.21. The molecule has 0 radical (unpaired) electrons. The molecule has 1 nitrogen and oxygen atoms in total. The first-order chi connectivity index (χ1) is 5.95. The van der Waals surface area contributed by atoms with Crippen molar-refractivity contribution in [1.29, 1.82) is 0 Å². The molecule has 0 spiro atoms. The number of hydrogen-bond donors (Lipinski definition) is 1. The largest absolute Gasteiger partial charge is 0.392 e. The summed E-state index contributed by atoms with van der Waals surface area (Å²) in [5, 5.41) is 9.74. The molecular formula is C11H15ClO. The van der Waals surface area contributed by atoms with Gasteiger partial charge in [-0.05, 0) is 22.6 Å². The third-order valence-corrected chi connectivity index (χ3v) is 2.35. The molecule has 1 N–H and O–H groups in total. The highest BCUT2D eigenvalue weighted by atomic mass is 35.5. The molecule has 0 saturated carbocycles. The summed E-state index contributed by atoms with van der Waals surface area (Å²) in [6, 6.07) is 5.65. The summed E-state index contributed by atoms with van der Waals surface area (Å²) in [5.74, 6) is 0. The molecule has 0 fully saturated rings. The van der Waals surface area contributed by atoms with Crippen LogP contribution in [0.1, 0.15) is 31.9 Å². The van der Waals surface area contributed by atoms with Crippen molar-refractivity contribution in [3.63, 3.8) is 0 Å². The average Bonchev–Trinajstić information content (AvgIpc) is 2.03. The van der Waals surface area contributed by atoms with E-state index in [0.29, 0.717) is 0 Å². The van der Waals surface area contributed by atoms with Crippen molar-refractivity contribution in [2.45, 2.75) is 32.8 Å². The molecule has 1 aromatic carbocycles. The zero-order valence-electron chi connectivity index (χ0n) is 8.26. The van der Waals surface area contributed by atoms with Gasteiger partial charge in [0.05, 0.1) is 6.61 Å². The minimum atomic E-state index is 0.0300. The molecule has 0 aliphatic carbocycles. The van der Waals surface area contributed by atoms with Gasteiger partial charge < -0.3 is 5.11 Å². The van der Waals surface area contributed by atoms with Gasteiger partial charge >= 0.3 is 0 Å². The molecule has 0 aromatic heterocycles. The Hall–Kier alpha value is -0.530. The molecular weight excluding hydrogens is 184 g/mol. The van der Waals surface area contributed by atoms with E-state index < -0.39 is 0 Å². The Balaban J connectivity index is 3.19. The van der Waals surface area contributed by atoms with E-state index in [2.05, 4.69) is 20.8 Å². The van der Waals surface area contributed by atoms with Gasteiger partial charge in [0.25, 0.3) is 0 Å². The summed E-state index contributed by atoms with van der Waals surface area (Å²) >= 11 is 6.06. The molecule has 1 rings (SSSR count). The highest BCUT2D eigenvalue weighted by Crippen LogP contribution is 2.30. The van der Waals surface area contributed by atoms with Gasteiger partial charge in [-0.25, -0.2) is 0 Å². The Morgan fingerprint density at radius 1 is 1.31 bits per heavy atom. The van der Waals surface area contributed by atoms with Gasteiger partial charge in [0.1, 0.15) is 0 Å². The van der Waals surface area contributed by atoms with Gasteiger partial charge in [-0.1, -0.05) is 44.5 Å².